The lowest BCUT2D eigenvalue weighted by atomic mass is 10.7. The molecule has 1 rings (SSSR count). The summed E-state index contributed by atoms with van der Waals surface area (Å²) in [6.45, 7) is 2.07. The molecule has 1 aromatic heterocycles. The van der Waals surface area contributed by atoms with Gasteiger partial charge in [0.25, 0.3) is 0 Å². The highest BCUT2D eigenvalue weighted by molar-refractivity contribution is 7.99. The molecule has 1 heterocycles. The van der Waals surface area contributed by atoms with Crippen molar-refractivity contribution in [3.05, 3.63) is 18.3 Å². The Bertz CT molecular complexity index is 322. The van der Waals surface area contributed by atoms with Crippen LogP contribution in [0, 0.1) is 5.95 Å². The van der Waals surface area contributed by atoms with Crippen LogP contribution in [-0.2, 0) is 9.53 Å². The molecule has 0 saturated carbocycles. The molecule has 0 amide bonds. The maximum atomic E-state index is 12.6. The second-order valence-electron chi connectivity index (χ2n) is 2.27. The van der Waals surface area contributed by atoms with E-state index < -0.39 is 5.95 Å². The minimum Gasteiger partial charge on any atom is -0.465 e. The molecule has 0 radical (unpaired) electrons. The molecular weight excluding hydrogens is 207 g/mol. The van der Waals surface area contributed by atoms with E-state index in [1.165, 1.54) is 6.07 Å². The molecule has 0 aliphatic heterocycles. The molecule has 0 aliphatic rings. The van der Waals surface area contributed by atoms with E-state index in [1.807, 2.05) is 0 Å². The van der Waals surface area contributed by atoms with Gasteiger partial charge in [-0.25, -0.2) is 9.97 Å². The number of carbonyl (C=O) groups excluding carboxylic acids is 1. The Labute approximate surface area is 84.9 Å². The Kier molecular flexibility index (Phi) is 4.31. The summed E-state index contributed by atoms with van der Waals surface area (Å²) in [5.74, 6) is -0.813. The topological polar surface area (TPSA) is 52.1 Å². The number of carbonyl (C=O) groups is 1. The van der Waals surface area contributed by atoms with Gasteiger partial charge in [0.05, 0.1) is 12.4 Å². The first kappa shape index (κ1) is 10.9. The first-order chi connectivity index (χ1) is 6.72. The average Bonchev–Trinajstić information content (AvgIpc) is 2.15. The van der Waals surface area contributed by atoms with Crippen molar-refractivity contribution in [2.75, 3.05) is 12.4 Å². The quantitative estimate of drug-likeness (QED) is 0.431. The molecule has 4 nitrogen and oxygen atoms in total. The van der Waals surface area contributed by atoms with Gasteiger partial charge >= 0.3 is 5.97 Å². The molecule has 0 saturated heterocycles. The maximum Gasteiger partial charge on any atom is 0.316 e. The number of aromatic nitrogens is 2. The van der Waals surface area contributed by atoms with E-state index in [-0.39, 0.29) is 11.7 Å². The molecule has 0 aliphatic carbocycles. The van der Waals surface area contributed by atoms with Crippen LogP contribution in [0.1, 0.15) is 6.92 Å². The third-order valence-electron chi connectivity index (χ3n) is 1.25. The summed E-state index contributed by atoms with van der Waals surface area (Å²) in [5, 5.41) is 0.422. The van der Waals surface area contributed by atoms with Crippen LogP contribution in [0.25, 0.3) is 0 Å². The van der Waals surface area contributed by atoms with Crippen LogP contribution in [0.4, 0.5) is 4.39 Å². The fourth-order valence-corrected chi connectivity index (χ4v) is 1.38. The summed E-state index contributed by atoms with van der Waals surface area (Å²) in [6.07, 6.45) is 1.11. The van der Waals surface area contributed by atoms with Crippen molar-refractivity contribution < 1.29 is 13.9 Å². The van der Waals surface area contributed by atoms with E-state index in [1.54, 1.807) is 6.92 Å². The highest BCUT2D eigenvalue weighted by Gasteiger charge is 2.04. The number of halogens is 1. The van der Waals surface area contributed by atoms with Crippen LogP contribution in [0.3, 0.4) is 0 Å². The Morgan fingerprint density at radius 2 is 2.43 bits per heavy atom. The number of thioether (sulfide) groups is 1. The van der Waals surface area contributed by atoms with Gasteiger partial charge in [0, 0.05) is 6.07 Å². The third kappa shape index (κ3) is 3.69. The number of esters is 1. The fourth-order valence-electron chi connectivity index (χ4n) is 0.732. The zero-order valence-corrected chi connectivity index (χ0v) is 8.38. The molecule has 0 atom stereocenters. The molecule has 76 valence electrons. The summed E-state index contributed by atoms with van der Waals surface area (Å²) >= 11 is 1.12. The van der Waals surface area contributed by atoms with Crippen LogP contribution in [0.15, 0.2) is 17.4 Å². The van der Waals surface area contributed by atoms with Crippen molar-refractivity contribution >= 4 is 17.7 Å². The molecule has 1 aromatic rings. The smallest absolute Gasteiger partial charge is 0.316 e. The lowest BCUT2D eigenvalue weighted by Crippen LogP contribution is -2.06. The SMILES string of the molecule is CCOC(=O)CSc1cc(F)ncn1. The van der Waals surface area contributed by atoms with Gasteiger partial charge in [-0.3, -0.25) is 4.79 Å². The zero-order chi connectivity index (χ0) is 10.4. The number of nitrogens with zero attached hydrogens (tertiary/aromatic N) is 2. The number of rotatable bonds is 4. The second-order valence-corrected chi connectivity index (χ2v) is 3.27. The van der Waals surface area contributed by atoms with Gasteiger partial charge in [-0.05, 0) is 6.92 Å². The molecule has 0 bridgehead atoms. The summed E-state index contributed by atoms with van der Waals surface area (Å²) < 4.78 is 17.3. The van der Waals surface area contributed by atoms with Gasteiger partial charge in [0.15, 0.2) is 0 Å². The highest BCUT2D eigenvalue weighted by Crippen LogP contribution is 2.14. The second kappa shape index (κ2) is 5.54. The highest BCUT2D eigenvalue weighted by atomic mass is 32.2. The average molecular weight is 216 g/mol. The van der Waals surface area contributed by atoms with Gasteiger partial charge in [-0.15, -0.1) is 0 Å². The van der Waals surface area contributed by atoms with Crippen LogP contribution >= 0.6 is 11.8 Å². The van der Waals surface area contributed by atoms with Gasteiger partial charge in [-0.1, -0.05) is 11.8 Å². The van der Waals surface area contributed by atoms with Crippen LogP contribution < -0.4 is 0 Å². The Hall–Kier alpha value is -1.17. The number of hydrogen-bond acceptors (Lipinski definition) is 5. The molecule has 0 fully saturated rings. The summed E-state index contributed by atoms with van der Waals surface area (Å²) in [7, 11) is 0. The van der Waals surface area contributed by atoms with Gasteiger partial charge < -0.3 is 4.74 Å². The number of ether oxygens (including phenoxy) is 1. The van der Waals surface area contributed by atoms with E-state index in [0.717, 1.165) is 18.1 Å². The van der Waals surface area contributed by atoms with Crippen LogP contribution in [0.5, 0.6) is 0 Å². The third-order valence-corrected chi connectivity index (χ3v) is 2.15. The van der Waals surface area contributed by atoms with Crippen LogP contribution in [0.2, 0.25) is 0 Å². The van der Waals surface area contributed by atoms with Crippen molar-refractivity contribution in [2.45, 2.75) is 11.9 Å². The molecule has 14 heavy (non-hydrogen) atoms. The largest absolute Gasteiger partial charge is 0.465 e. The van der Waals surface area contributed by atoms with Crippen molar-refractivity contribution in [1.82, 2.24) is 9.97 Å². The van der Waals surface area contributed by atoms with Crippen molar-refractivity contribution in [3.63, 3.8) is 0 Å². The summed E-state index contributed by atoms with van der Waals surface area (Å²) in [4.78, 5) is 18.0. The molecule has 0 N–H and O–H groups in total. The fraction of sp³-hybridized carbons (Fsp3) is 0.375. The molecular formula is C8H9FN2O2S. The molecule has 0 aromatic carbocycles. The van der Waals surface area contributed by atoms with E-state index in [2.05, 4.69) is 9.97 Å². The van der Waals surface area contributed by atoms with E-state index in [9.17, 15) is 9.18 Å². The summed E-state index contributed by atoms with van der Waals surface area (Å²) in [6, 6.07) is 1.17. The summed E-state index contributed by atoms with van der Waals surface area (Å²) in [5.41, 5.74) is 0. The van der Waals surface area contributed by atoms with Crippen molar-refractivity contribution in [1.29, 1.82) is 0 Å². The maximum absolute atomic E-state index is 12.6. The normalized spacial score (nSPS) is 9.86. The Balaban J connectivity index is 2.41. The minimum absolute atomic E-state index is 0.129. The monoisotopic (exact) mass is 216 g/mol. The van der Waals surface area contributed by atoms with Gasteiger partial charge in [0.2, 0.25) is 5.95 Å². The Morgan fingerprint density at radius 3 is 3.07 bits per heavy atom. The van der Waals surface area contributed by atoms with E-state index in [0.29, 0.717) is 11.6 Å². The minimum atomic E-state index is -0.605. The van der Waals surface area contributed by atoms with Crippen LogP contribution in [-0.4, -0.2) is 28.3 Å². The Morgan fingerprint density at radius 1 is 1.64 bits per heavy atom. The lowest BCUT2D eigenvalue weighted by Gasteiger charge is -2.00. The zero-order valence-electron chi connectivity index (χ0n) is 7.57. The predicted molar refractivity (Wildman–Crippen MR) is 49.3 cm³/mol. The lowest BCUT2D eigenvalue weighted by molar-refractivity contribution is -0.139. The molecule has 6 heteroatoms. The van der Waals surface area contributed by atoms with Gasteiger partial charge in [0.1, 0.15) is 11.4 Å². The first-order valence-electron chi connectivity index (χ1n) is 3.98. The molecule has 0 unspecified atom stereocenters. The predicted octanol–water partition coefficient (Wildman–Crippen LogP) is 1.27. The van der Waals surface area contributed by atoms with Gasteiger partial charge in [-0.2, -0.15) is 4.39 Å². The molecule has 0 spiro atoms. The number of hydrogen-bond donors (Lipinski definition) is 0. The van der Waals surface area contributed by atoms with E-state index >= 15 is 0 Å². The van der Waals surface area contributed by atoms with E-state index in [4.69, 9.17) is 4.74 Å². The first-order valence-corrected chi connectivity index (χ1v) is 4.97. The van der Waals surface area contributed by atoms with Crippen molar-refractivity contribution in [3.8, 4) is 0 Å². The van der Waals surface area contributed by atoms with Crippen molar-refractivity contribution in [2.24, 2.45) is 0 Å². The standard InChI is InChI=1S/C8H9FN2O2S/c1-2-13-8(12)4-14-7-3-6(9)10-5-11-7/h3,5H,2,4H2,1H3.